The summed E-state index contributed by atoms with van der Waals surface area (Å²) in [4.78, 5) is 17.1. The van der Waals surface area contributed by atoms with Crippen molar-refractivity contribution in [2.75, 3.05) is 11.9 Å². The van der Waals surface area contributed by atoms with Crippen LogP contribution in [0.5, 0.6) is 11.5 Å². The molecule has 1 aliphatic rings. The molecular weight excluding hydrogens is 382 g/mol. The Morgan fingerprint density at radius 2 is 1.67 bits per heavy atom. The van der Waals surface area contributed by atoms with Crippen LogP contribution in [0.4, 0.5) is 5.69 Å². The lowest BCUT2D eigenvalue weighted by Crippen LogP contribution is -2.40. The van der Waals surface area contributed by atoms with Crippen LogP contribution in [0.3, 0.4) is 0 Å². The molecule has 7 heteroatoms. The summed E-state index contributed by atoms with van der Waals surface area (Å²) >= 11 is 0. The molecule has 5 rings (SSSR count). The van der Waals surface area contributed by atoms with Crippen LogP contribution in [0, 0.1) is 0 Å². The van der Waals surface area contributed by atoms with Gasteiger partial charge in [0.05, 0.1) is 0 Å². The highest BCUT2D eigenvalue weighted by Crippen LogP contribution is 2.31. The number of anilines is 1. The van der Waals surface area contributed by atoms with Crippen molar-refractivity contribution in [2.45, 2.75) is 6.10 Å². The minimum absolute atomic E-state index is 0.145. The van der Waals surface area contributed by atoms with E-state index in [2.05, 4.69) is 15.5 Å². The molecule has 7 nitrogen and oxygen atoms in total. The van der Waals surface area contributed by atoms with Gasteiger partial charge >= 0.3 is 0 Å². The molecule has 0 radical (unpaired) electrons. The number of hydrogen-bond donors (Lipinski definition) is 1. The van der Waals surface area contributed by atoms with Crippen LogP contribution >= 0.6 is 0 Å². The Morgan fingerprint density at radius 3 is 2.53 bits per heavy atom. The Morgan fingerprint density at radius 1 is 0.900 bits per heavy atom. The number of nitrogens with zero attached hydrogens (tertiary/aromatic N) is 2. The van der Waals surface area contributed by atoms with E-state index in [9.17, 15) is 4.79 Å². The van der Waals surface area contributed by atoms with Crippen LogP contribution in [0.25, 0.3) is 22.8 Å². The highest BCUT2D eigenvalue weighted by Gasteiger charge is 2.27. The summed E-state index contributed by atoms with van der Waals surface area (Å²) in [5.41, 5.74) is 2.17. The van der Waals surface area contributed by atoms with Crippen molar-refractivity contribution >= 4 is 11.6 Å². The molecule has 2 heterocycles. The van der Waals surface area contributed by atoms with Crippen molar-refractivity contribution in [2.24, 2.45) is 0 Å². The van der Waals surface area contributed by atoms with Crippen LogP contribution in [-0.2, 0) is 4.79 Å². The van der Waals surface area contributed by atoms with Crippen LogP contribution in [0.15, 0.2) is 83.4 Å². The minimum atomic E-state index is -0.739. The quantitative estimate of drug-likeness (QED) is 0.554. The number of benzene rings is 3. The average molecular weight is 399 g/mol. The number of aromatic nitrogens is 2. The van der Waals surface area contributed by atoms with Crippen LogP contribution in [0.2, 0.25) is 0 Å². The van der Waals surface area contributed by atoms with Gasteiger partial charge in [-0.25, -0.2) is 0 Å². The Hall–Kier alpha value is -4.13. The fourth-order valence-corrected chi connectivity index (χ4v) is 3.15. The molecule has 148 valence electrons. The van der Waals surface area contributed by atoms with Crippen molar-refractivity contribution in [1.82, 2.24) is 10.1 Å². The van der Waals surface area contributed by atoms with Gasteiger partial charge in [-0.1, -0.05) is 53.7 Å². The zero-order valence-corrected chi connectivity index (χ0v) is 15.8. The van der Waals surface area contributed by atoms with Crippen molar-refractivity contribution in [3.05, 3.63) is 78.9 Å². The summed E-state index contributed by atoms with van der Waals surface area (Å²) < 4.78 is 16.8. The number of nitrogens with one attached hydrogen (secondary N) is 1. The topological polar surface area (TPSA) is 86.5 Å². The van der Waals surface area contributed by atoms with E-state index in [1.165, 1.54) is 0 Å². The molecular formula is C23H17N3O4. The van der Waals surface area contributed by atoms with Crippen LogP contribution < -0.4 is 14.8 Å². The van der Waals surface area contributed by atoms with Gasteiger partial charge in [0.15, 0.2) is 11.5 Å². The molecule has 0 saturated carbocycles. The van der Waals surface area contributed by atoms with Crippen molar-refractivity contribution in [1.29, 1.82) is 0 Å². The Kier molecular flexibility index (Phi) is 4.61. The first-order chi connectivity index (χ1) is 14.8. The predicted octanol–water partition coefficient (Wildman–Crippen LogP) is 4.18. The van der Waals surface area contributed by atoms with Crippen molar-refractivity contribution in [3.8, 4) is 34.3 Å². The van der Waals surface area contributed by atoms with E-state index in [1.54, 1.807) is 24.3 Å². The maximum atomic E-state index is 12.6. The molecule has 0 aliphatic carbocycles. The molecule has 0 unspecified atom stereocenters. The number of para-hydroxylation sites is 2. The lowest BCUT2D eigenvalue weighted by Gasteiger charge is -2.25. The average Bonchev–Trinajstić information content (AvgIpc) is 3.30. The van der Waals surface area contributed by atoms with E-state index in [0.717, 1.165) is 5.56 Å². The molecule has 3 aromatic carbocycles. The number of rotatable bonds is 4. The molecule has 0 fully saturated rings. The van der Waals surface area contributed by atoms with Crippen LogP contribution in [-0.4, -0.2) is 28.8 Å². The number of ether oxygens (including phenoxy) is 2. The first kappa shape index (κ1) is 17.9. The van der Waals surface area contributed by atoms with E-state index < -0.39 is 6.10 Å². The van der Waals surface area contributed by atoms with Gasteiger partial charge in [0.2, 0.25) is 11.9 Å². The van der Waals surface area contributed by atoms with E-state index in [0.29, 0.717) is 34.5 Å². The number of amides is 1. The highest BCUT2D eigenvalue weighted by atomic mass is 16.6. The molecule has 1 N–H and O–H groups in total. The third kappa shape index (κ3) is 3.60. The fourth-order valence-electron chi connectivity index (χ4n) is 3.15. The Labute approximate surface area is 172 Å². The summed E-state index contributed by atoms with van der Waals surface area (Å²) in [6.07, 6.45) is -0.739. The summed E-state index contributed by atoms with van der Waals surface area (Å²) in [5, 5.41) is 6.90. The van der Waals surface area contributed by atoms with Crippen molar-refractivity contribution in [3.63, 3.8) is 0 Å². The summed E-state index contributed by atoms with van der Waals surface area (Å²) in [6.45, 7) is 0.145. The second-order valence-corrected chi connectivity index (χ2v) is 6.72. The van der Waals surface area contributed by atoms with Gasteiger partial charge in [-0.05, 0) is 30.3 Å². The van der Waals surface area contributed by atoms with Crippen LogP contribution in [0.1, 0.15) is 0 Å². The van der Waals surface area contributed by atoms with Gasteiger partial charge in [0.25, 0.3) is 11.8 Å². The lowest BCUT2D eigenvalue weighted by atomic mass is 10.2. The van der Waals surface area contributed by atoms with Gasteiger partial charge in [0.1, 0.15) is 6.61 Å². The van der Waals surface area contributed by atoms with Gasteiger partial charge in [-0.3, -0.25) is 4.79 Å². The molecule has 1 atom stereocenters. The standard InChI is InChI=1S/C23H17N3O4/c27-22(20-14-28-18-11-4-5-12-19(18)29-20)24-17-10-6-9-16(13-17)23-25-21(26-30-23)15-7-2-1-3-8-15/h1-13,20H,14H2,(H,24,27)/t20-/m0/s1. The second kappa shape index (κ2) is 7.71. The normalized spacial score (nSPS) is 14.9. The maximum Gasteiger partial charge on any atom is 0.269 e. The van der Waals surface area contributed by atoms with Gasteiger partial charge in [-0.2, -0.15) is 4.98 Å². The smallest absolute Gasteiger partial charge is 0.269 e. The molecule has 1 amide bonds. The zero-order chi connectivity index (χ0) is 20.3. The van der Waals surface area contributed by atoms with E-state index in [4.69, 9.17) is 14.0 Å². The molecule has 0 spiro atoms. The first-order valence-corrected chi connectivity index (χ1v) is 9.45. The number of hydrogen-bond acceptors (Lipinski definition) is 6. The maximum absolute atomic E-state index is 12.6. The zero-order valence-electron chi connectivity index (χ0n) is 15.8. The van der Waals surface area contributed by atoms with E-state index in [-0.39, 0.29) is 12.5 Å². The summed E-state index contributed by atoms with van der Waals surface area (Å²) in [5.74, 6) is 1.77. The van der Waals surface area contributed by atoms with E-state index in [1.807, 2.05) is 54.6 Å². The summed E-state index contributed by atoms with van der Waals surface area (Å²) in [7, 11) is 0. The number of carbonyl (C=O) groups is 1. The van der Waals surface area contributed by atoms with Gasteiger partial charge in [0, 0.05) is 16.8 Å². The molecule has 30 heavy (non-hydrogen) atoms. The van der Waals surface area contributed by atoms with Gasteiger partial charge < -0.3 is 19.3 Å². The molecule has 0 bridgehead atoms. The number of carbonyl (C=O) groups excluding carboxylic acids is 1. The minimum Gasteiger partial charge on any atom is -0.485 e. The molecule has 4 aromatic rings. The third-order valence-electron chi connectivity index (χ3n) is 4.64. The first-order valence-electron chi connectivity index (χ1n) is 9.45. The Bertz CT molecular complexity index is 1190. The Balaban J connectivity index is 1.31. The summed E-state index contributed by atoms with van der Waals surface area (Å²) in [6, 6.07) is 24.1. The largest absolute Gasteiger partial charge is 0.485 e. The predicted molar refractivity (Wildman–Crippen MR) is 110 cm³/mol. The molecule has 1 aliphatic heterocycles. The fraction of sp³-hybridized carbons (Fsp3) is 0.0870. The monoisotopic (exact) mass is 399 g/mol. The lowest BCUT2D eigenvalue weighted by molar-refractivity contribution is -0.125. The highest BCUT2D eigenvalue weighted by molar-refractivity contribution is 5.95. The third-order valence-corrected chi connectivity index (χ3v) is 4.64. The van der Waals surface area contributed by atoms with Crippen molar-refractivity contribution < 1.29 is 18.8 Å². The van der Waals surface area contributed by atoms with E-state index >= 15 is 0 Å². The second-order valence-electron chi connectivity index (χ2n) is 6.72. The molecule has 1 aromatic heterocycles. The molecule has 0 saturated heterocycles. The SMILES string of the molecule is O=C(Nc1cccc(-c2nc(-c3ccccc3)no2)c1)[C@@H]1COc2ccccc2O1. The number of fused-ring (bicyclic) bond motifs is 1. The van der Waals surface area contributed by atoms with Gasteiger partial charge in [-0.15, -0.1) is 0 Å².